The van der Waals surface area contributed by atoms with Crippen LogP contribution in [0.15, 0.2) is 18.2 Å². The van der Waals surface area contributed by atoms with Crippen molar-refractivity contribution >= 4 is 11.8 Å². The molecule has 0 radical (unpaired) electrons. The van der Waals surface area contributed by atoms with Gasteiger partial charge in [0.1, 0.15) is 12.3 Å². The van der Waals surface area contributed by atoms with Gasteiger partial charge in [-0.1, -0.05) is 0 Å². The zero-order valence-electron chi connectivity index (χ0n) is 13.9. The van der Waals surface area contributed by atoms with E-state index in [2.05, 4.69) is 15.4 Å². The van der Waals surface area contributed by atoms with Crippen molar-refractivity contribution < 1.29 is 33.0 Å². The summed E-state index contributed by atoms with van der Waals surface area (Å²) in [7, 11) is 0. The van der Waals surface area contributed by atoms with Crippen LogP contribution in [0.5, 0.6) is 11.5 Å². The van der Waals surface area contributed by atoms with Gasteiger partial charge in [0.15, 0.2) is 11.5 Å². The van der Waals surface area contributed by atoms with E-state index >= 15 is 0 Å². The molecule has 1 aliphatic carbocycles. The van der Waals surface area contributed by atoms with E-state index in [0.717, 1.165) is 12.8 Å². The molecule has 1 saturated carbocycles. The summed E-state index contributed by atoms with van der Waals surface area (Å²) in [6, 6.07) is 3.13. The van der Waals surface area contributed by atoms with E-state index < -0.39 is 30.7 Å². The second-order valence-electron chi connectivity index (χ2n) is 6.42. The number of hydrogen-bond acceptors (Lipinski definition) is 5. The highest BCUT2D eigenvalue weighted by Gasteiger charge is 2.29. The quantitative estimate of drug-likeness (QED) is 0.674. The predicted octanol–water partition coefficient (Wildman–Crippen LogP) is 1.40. The second kappa shape index (κ2) is 7.86. The van der Waals surface area contributed by atoms with Gasteiger partial charge in [-0.25, -0.2) is 0 Å². The molecule has 2 aliphatic rings. The molecular formula is C17H20F2N2O5. The van der Waals surface area contributed by atoms with E-state index in [1.807, 2.05) is 0 Å². The summed E-state index contributed by atoms with van der Waals surface area (Å²) in [5.74, 6) is -0.699. The monoisotopic (exact) mass is 370 g/mol. The highest BCUT2D eigenvalue weighted by Crippen LogP contribution is 2.34. The molecule has 7 nitrogen and oxygen atoms in total. The van der Waals surface area contributed by atoms with Gasteiger partial charge in [0, 0.05) is 5.56 Å². The zero-order valence-corrected chi connectivity index (χ0v) is 13.9. The van der Waals surface area contributed by atoms with Crippen LogP contribution in [0.4, 0.5) is 8.78 Å². The predicted molar refractivity (Wildman–Crippen MR) is 85.9 cm³/mol. The minimum absolute atomic E-state index is 0.0633. The molecule has 2 atom stereocenters. The van der Waals surface area contributed by atoms with Crippen molar-refractivity contribution in [3.05, 3.63) is 23.8 Å². The number of amides is 2. The number of ether oxygens (including phenoxy) is 2. The largest absolute Gasteiger partial charge is 0.489 e. The maximum atomic E-state index is 12.5. The maximum Gasteiger partial charge on any atom is 0.387 e. The lowest BCUT2D eigenvalue weighted by molar-refractivity contribution is -0.128. The van der Waals surface area contributed by atoms with Crippen LogP contribution in [-0.4, -0.2) is 42.4 Å². The Balaban J connectivity index is 1.70. The second-order valence-corrected chi connectivity index (χ2v) is 6.42. The van der Waals surface area contributed by atoms with E-state index in [0.29, 0.717) is 25.4 Å². The lowest BCUT2D eigenvalue weighted by Gasteiger charge is -2.26. The minimum atomic E-state index is -3.00. The SMILES string of the molecule is O=C(N[C@H]1CCC(O)NC1=O)c1ccc(OC(F)F)c(OCC2CC2)c1. The maximum absolute atomic E-state index is 12.5. The van der Waals surface area contributed by atoms with E-state index in [1.165, 1.54) is 18.2 Å². The Morgan fingerprint density at radius 3 is 2.69 bits per heavy atom. The van der Waals surface area contributed by atoms with Crippen molar-refractivity contribution in [3.8, 4) is 11.5 Å². The molecule has 3 N–H and O–H groups in total. The Labute approximate surface area is 148 Å². The fourth-order valence-corrected chi connectivity index (χ4v) is 2.62. The van der Waals surface area contributed by atoms with Crippen LogP contribution < -0.4 is 20.1 Å². The number of carbonyl (C=O) groups is 2. The van der Waals surface area contributed by atoms with Gasteiger partial charge in [-0.2, -0.15) is 8.78 Å². The summed E-state index contributed by atoms with van der Waals surface area (Å²) >= 11 is 0. The number of carbonyl (C=O) groups excluding carboxylic acids is 2. The molecule has 1 aromatic carbocycles. The Bertz CT molecular complexity index is 681. The highest BCUT2D eigenvalue weighted by molar-refractivity contribution is 5.98. The summed E-state index contributed by atoms with van der Waals surface area (Å²) in [4.78, 5) is 24.2. The third kappa shape index (κ3) is 4.81. The van der Waals surface area contributed by atoms with Crippen LogP contribution in [0.3, 0.4) is 0 Å². The van der Waals surface area contributed by atoms with E-state index in [9.17, 15) is 23.5 Å². The van der Waals surface area contributed by atoms with E-state index in [1.54, 1.807) is 0 Å². The molecule has 2 fully saturated rings. The number of halogens is 2. The molecule has 142 valence electrons. The number of benzene rings is 1. The molecule has 1 saturated heterocycles. The number of nitrogens with one attached hydrogen (secondary N) is 2. The van der Waals surface area contributed by atoms with Gasteiger partial charge in [-0.15, -0.1) is 0 Å². The standard InChI is InChI=1S/C17H20F2N2O5/c18-17(19)26-12-5-3-10(7-13(12)25-8-9-1-2-9)15(23)20-11-4-6-14(22)21-16(11)24/h3,5,7,9,11,14,17,22H,1-2,4,6,8H2,(H,20,23)(H,21,24)/t11-,14?/m0/s1. The normalized spacial score (nSPS) is 22.7. The van der Waals surface area contributed by atoms with Crippen molar-refractivity contribution in [2.24, 2.45) is 5.92 Å². The Morgan fingerprint density at radius 2 is 2.04 bits per heavy atom. The highest BCUT2D eigenvalue weighted by atomic mass is 19.3. The number of aliphatic hydroxyl groups is 1. The summed E-state index contributed by atoms with van der Waals surface area (Å²) < 4.78 is 35.0. The fourth-order valence-electron chi connectivity index (χ4n) is 2.62. The number of alkyl halides is 2. The Morgan fingerprint density at radius 1 is 1.27 bits per heavy atom. The molecule has 1 unspecified atom stereocenters. The van der Waals surface area contributed by atoms with Crippen LogP contribution in [-0.2, 0) is 4.79 Å². The van der Waals surface area contributed by atoms with Gasteiger partial charge < -0.3 is 25.2 Å². The zero-order chi connectivity index (χ0) is 18.7. The number of rotatable bonds is 7. The van der Waals surface area contributed by atoms with Crippen molar-refractivity contribution in [2.75, 3.05) is 6.61 Å². The van der Waals surface area contributed by atoms with Crippen LogP contribution in [0.2, 0.25) is 0 Å². The van der Waals surface area contributed by atoms with Crippen molar-refractivity contribution in [1.29, 1.82) is 0 Å². The summed E-state index contributed by atoms with van der Waals surface area (Å²) in [5, 5.41) is 14.3. The molecule has 26 heavy (non-hydrogen) atoms. The van der Waals surface area contributed by atoms with Crippen LogP contribution in [0.1, 0.15) is 36.0 Å². The van der Waals surface area contributed by atoms with Crippen LogP contribution in [0, 0.1) is 5.92 Å². The molecular weight excluding hydrogens is 350 g/mol. The van der Waals surface area contributed by atoms with Gasteiger partial charge in [-0.3, -0.25) is 9.59 Å². The molecule has 0 aromatic heterocycles. The van der Waals surface area contributed by atoms with Gasteiger partial charge in [-0.05, 0) is 49.8 Å². The number of aliphatic hydroxyl groups excluding tert-OH is 1. The Hall–Kier alpha value is -2.42. The molecule has 9 heteroatoms. The van der Waals surface area contributed by atoms with Crippen LogP contribution in [0.25, 0.3) is 0 Å². The fraction of sp³-hybridized carbons (Fsp3) is 0.529. The first-order chi connectivity index (χ1) is 12.4. The first kappa shape index (κ1) is 18.4. The smallest absolute Gasteiger partial charge is 0.387 e. The summed E-state index contributed by atoms with van der Waals surface area (Å²) in [6.07, 6.45) is 1.76. The molecule has 2 amide bonds. The first-order valence-electron chi connectivity index (χ1n) is 8.43. The minimum Gasteiger partial charge on any atom is -0.489 e. The van der Waals surface area contributed by atoms with Gasteiger partial charge in [0.25, 0.3) is 5.91 Å². The molecule has 0 spiro atoms. The number of piperidine rings is 1. The van der Waals surface area contributed by atoms with Gasteiger partial charge in [0.2, 0.25) is 5.91 Å². The van der Waals surface area contributed by atoms with Gasteiger partial charge in [0.05, 0.1) is 6.61 Å². The summed E-state index contributed by atoms with van der Waals surface area (Å²) in [6.45, 7) is -2.64. The van der Waals surface area contributed by atoms with Crippen molar-refractivity contribution in [1.82, 2.24) is 10.6 Å². The van der Waals surface area contributed by atoms with Crippen molar-refractivity contribution in [2.45, 2.75) is 44.6 Å². The lowest BCUT2D eigenvalue weighted by Crippen LogP contribution is -2.53. The molecule has 3 rings (SSSR count). The average Bonchev–Trinajstić information content (AvgIpc) is 3.40. The molecule has 1 aliphatic heterocycles. The third-order valence-corrected chi connectivity index (χ3v) is 4.25. The van der Waals surface area contributed by atoms with Crippen LogP contribution >= 0.6 is 0 Å². The van der Waals surface area contributed by atoms with Gasteiger partial charge >= 0.3 is 6.61 Å². The third-order valence-electron chi connectivity index (χ3n) is 4.25. The molecule has 1 heterocycles. The van der Waals surface area contributed by atoms with E-state index in [-0.39, 0.29) is 17.1 Å². The lowest BCUT2D eigenvalue weighted by atomic mass is 10.0. The average molecular weight is 370 g/mol. The number of hydrogen-bond donors (Lipinski definition) is 3. The Kier molecular flexibility index (Phi) is 5.55. The van der Waals surface area contributed by atoms with Crippen molar-refractivity contribution in [3.63, 3.8) is 0 Å². The topological polar surface area (TPSA) is 96.9 Å². The molecule has 1 aromatic rings. The van der Waals surface area contributed by atoms with E-state index in [4.69, 9.17) is 4.74 Å². The summed E-state index contributed by atoms with van der Waals surface area (Å²) in [5.41, 5.74) is 0.163. The molecule has 0 bridgehead atoms. The first-order valence-corrected chi connectivity index (χ1v) is 8.43.